The van der Waals surface area contributed by atoms with Gasteiger partial charge < -0.3 is 9.47 Å². The van der Waals surface area contributed by atoms with Crippen LogP contribution >= 0.6 is 11.6 Å². The molecule has 1 aliphatic heterocycles. The van der Waals surface area contributed by atoms with Crippen LogP contribution in [0.2, 0.25) is 0 Å². The second kappa shape index (κ2) is 9.02. The van der Waals surface area contributed by atoms with Gasteiger partial charge >= 0.3 is 5.97 Å². The van der Waals surface area contributed by atoms with Crippen molar-refractivity contribution in [2.75, 3.05) is 0 Å². The SMILES string of the molecule is Cc1c(OC(=O)C(Cl)c2ccccc2)ccc2c1O/C(=C\C=C\c1ccccc1)C2=O. The Kier molecular flexibility index (Phi) is 6.01. The molecule has 1 unspecified atom stereocenters. The molecule has 0 aromatic heterocycles. The van der Waals surface area contributed by atoms with Crippen molar-refractivity contribution >= 4 is 29.4 Å². The Morgan fingerprint density at radius 2 is 1.68 bits per heavy atom. The lowest BCUT2D eigenvalue weighted by molar-refractivity contribution is -0.134. The van der Waals surface area contributed by atoms with Gasteiger partial charge in [0, 0.05) is 5.56 Å². The molecule has 1 aliphatic rings. The third-order valence-corrected chi connectivity index (χ3v) is 5.31. The van der Waals surface area contributed by atoms with Gasteiger partial charge in [0.2, 0.25) is 5.78 Å². The number of allylic oxidation sites excluding steroid dienone is 3. The Labute approximate surface area is 185 Å². The van der Waals surface area contributed by atoms with Gasteiger partial charge in [0.1, 0.15) is 11.5 Å². The van der Waals surface area contributed by atoms with E-state index in [4.69, 9.17) is 21.1 Å². The quantitative estimate of drug-likeness (QED) is 0.214. The maximum Gasteiger partial charge on any atom is 0.334 e. The second-order valence-electron chi connectivity index (χ2n) is 6.99. The van der Waals surface area contributed by atoms with E-state index >= 15 is 0 Å². The first-order chi connectivity index (χ1) is 15.0. The lowest BCUT2D eigenvalue weighted by Crippen LogP contribution is -2.15. The Hall–Kier alpha value is -3.63. The second-order valence-corrected chi connectivity index (χ2v) is 7.43. The third kappa shape index (κ3) is 4.44. The number of hydrogen-bond acceptors (Lipinski definition) is 4. The maximum atomic E-state index is 12.7. The van der Waals surface area contributed by atoms with E-state index < -0.39 is 11.3 Å². The molecule has 4 rings (SSSR count). The monoisotopic (exact) mass is 430 g/mol. The van der Waals surface area contributed by atoms with Crippen LogP contribution in [-0.4, -0.2) is 11.8 Å². The molecule has 0 fully saturated rings. The zero-order chi connectivity index (χ0) is 21.8. The number of carbonyl (C=O) groups excluding carboxylic acids is 2. The Morgan fingerprint density at radius 1 is 1.00 bits per heavy atom. The summed E-state index contributed by atoms with van der Waals surface area (Å²) in [4.78, 5) is 25.1. The molecule has 0 spiro atoms. The van der Waals surface area contributed by atoms with Gasteiger partial charge in [-0.1, -0.05) is 72.8 Å². The number of hydrogen-bond donors (Lipinski definition) is 0. The van der Waals surface area contributed by atoms with Crippen LogP contribution < -0.4 is 9.47 Å². The summed E-state index contributed by atoms with van der Waals surface area (Å²) in [5.74, 6) is 0.1000. The van der Waals surface area contributed by atoms with Crippen LogP contribution in [0.1, 0.15) is 32.4 Å². The summed E-state index contributed by atoms with van der Waals surface area (Å²) >= 11 is 6.25. The lowest BCUT2D eigenvalue weighted by Gasteiger charge is -2.13. The highest BCUT2D eigenvalue weighted by atomic mass is 35.5. The van der Waals surface area contributed by atoms with Gasteiger partial charge in [0.15, 0.2) is 11.1 Å². The average Bonchev–Trinajstić information content (AvgIpc) is 3.12. The molecule has 3 aromatic carbocycles. The first-order valence-corrected chi connectivity index (χ1v) is 10.2. The standard InChI is InChI=1S/C26H19ClO4/c1-17-21(31-26(29)23(27)19-12-6-3-7-13-19)16-15-20-24(28)22(30-25(17)20)14-8-11-18-9-4-2-5-10-18/h2-16,23H,1H3/b11-8+,22-14-. The van der Waals surface area contributed by atoms with Crippen molar-refractivity contribution in [1.29, 1.82) is 0 Å². The summed E-state index contributed by atoms with van der Waals surface area (Å²) in [6.45, 7) is 1.74. The van der Waals surface area contributed by atoms with Crippen molar-refractivity contribution in [3.8, 4) is 11.5 Å². The van der Waals surface area contributed by atoms with Crippen LogP contribution in [0, 0.1) is 6.92 Å². The van der Waals surface area contributed by atoms with Crippen LogP contribution in [-0.2, 0) is 4.79 Å². The van der Waals surface area contributed by atoms with E-state index in [1.54, 1.807) is 55.5 Å². The van der Waals surface area contributed by atoms with Crippen LogP contribution in [0.25, 0.3) is 6.08 Å². The minimum Gasteiger partial charge on any atom is -0.452 e. The average molecular weight is 431 g/mol. The van der Waals surface area contributed by atoms with Gasteiger partial charge in [-0.2, -0.15) is 0 Å². The fraction of sp³-hybridized carbons (Fsp3) is 0.0769. The molecule has 5 heteroatoms. The molecule has 0 amide bonds. The summed E-state index contributed by atoms with van der Waals surface area (Å²) in [5, 5.41) is -0.935. The number of esters is 1. The summed E-state index contributed by atoms with van der Waals surface area (Å²) in [6, 6.07) is 21.9. The number of rotatable bonds is 5. The maximum absolute atomic E-state index is 12.7. The van der Waals surface area contributed by atoms with E-state index in [-0.39, 0.29) is 11.5 Å². The number of carbonyl (C=O) groups is 2. The summed E-state index contributed by atoms with van der Waals surface area (Å²) in [5.41, 5.74) is 2.66. The molecule has 0 saturated heterocycles. The number of fused-ring (bicyclic) bond motifs is 1. The van der Waals surface area contributed by atoms with Crippen LogP contribution in [0.4, 0.5) is 0 Å². The van der Waals surface area contributed by atoms with Gasteiger partial charge in [-0.25, -0.2) is 4.79 Å². The Bertz CT molecular complexity index is 1180. The molecule has 4 nitrogen and oxygen atoms in total. The van der Waals surface area contributed by atoms with Crippen molar-refractivity contribution < 1.29 is 19.1 Å². The zero-order valence-corrected chi connectivity index (χ0v) is 17.5. The Morgan fingerprint density at radius 3 is 2.39 bits per heavy atom. The molecule has 0 N–H and O–H groups in total. The minimum absolute atomic E-state index is 0.215. The first-order valence-electron chi connectivity index (χ1n) is 9.75. The van der Waals surface area contributed by atoms with E-state index in [0.717, 1.165) is 5.56 Å². The fourth-order valence-electron chi connectivity index (χ4n) is 3.22. The molecule has 0 aliphatic carbocycles. The molecule has 0 radical (unpaired) electrons. The van der Waals surface area contributed by atoms with E-state index in [2.05, 4.69) is 0 Å². The normalized spacial score (nSPS) is 15.0. The number of Topliss-reactive ketones (excluding diaryl/α,β-unsaturated/α-hetero) is 1. The number of halogens is 1. The predicted octanol–water partition coefficient (Wildman–Crippen LogP) is 6.05. The van der Waals surface area contributed by atoms with Gasteiger partial charge in [0.25, 0.3) is 0 Å². The molecule has 3 aromatic rings. The molecule has 0 bridgehead atoms. The van der Waals surface area contributed by atoms with E-state index in [0.29, 0.717) is 28.2 Å². The van der Waals surface area contributed by atoms with Crippen molar-refractivity contribution in [3.63, 3.8) is 0 Å². The Balaban J connectivity index is 1.51. The predicted molar refractivity (Wildman–Crippen MR) is 120 cm³/mol. The zero-order valence-electron chi connectivity index (χ0n) is 16.7. The molecular formula is C26H19ClO4. The number of ether oxygens (including phenoxy) is 2. The summed E-state index contributed by atoms with van der Waals surface area (Å²) in [6.07, 6.45) is 5.28. The van der Waals surface area contributed by atoms with Gasteiger partial charge in [-0.3, -0.25) is 4.79 Å². The fourth-order valence-corrected chi connectivity index (χ4v) is 3.41. The highest BCUT2D eigenvalue weighted by Crippen LogP contribution is 2.39. The summed E-state index contributed by atoms with van der Waals surface area (Å²) in [7, 11) is 0. The molecule has 0 saturated carbocycles. The van der Waals surface area contributed by atoms with E-state index in [1.807, 2.05) is 42.5 Å². The van der Waals surface area contributed by atoms with Crippen LogP contribution in [0.5, 0.6) is 11.5 Å². The number of benzene rings is 3. The van der Waals surface area contributed by atoms with Crippen molar-refractivity contribution in [2.24, 2.45) is 0 Å². The van der Waals surface area contributed by atoms with Gasteiger partial charge in [0.05, 0.1) is 5.56 Å². The highest BCUT2D eigenvalue weighted by Gasteiger charge is 2.30. The number of alkyl halides is 1. The smallest absolute Gasteiger partial charge is 0.334 e. The van der Waals surface area contributed by atoms with Crippen molar-refractivity contribution in [3.05, 3.63) is 113 Å². The van der Waals surface area contributed by atoms with Crippen LogP contribution in [0.15, 0.2) is 90.7 Å². The summed E-state index contributed by atoms with van der Waals surface area (Å²) < 4.78 is 11.3. The minimum atomic E-state index is -0.935. The van der Waals surface area contributed by atoms with E-state index in [9.17, 15) is 9.59 Å². The van der Waals surface area contributed by atoms with E-state index in [1.165, 1.54) is 0 Å². The molecule has 31 heavy (non-hydrogen) atoms. The lowest BCUT2D eigenvalue weighted by atomic mass is 10.1. The first kappa shape index (κ1) is 20.6. The van der Waals surface area contributed by atoms with Gasteiger partial charge in [-0.15, -0.1) is 11.6 Å². The third-order valence-electron chi connectivity index (χ3n) is 4.88. The molecule has 1 atom stereocenters. The molecular weight excluding hydrogens is 412 g/mol. The van der Waals surface area contributed by atoms with Crippen LogP contribution in [0.3, 0.4) is 0 Å². The highest BCUT2D eigenvalue weighted by molar-refractivity contribution is 6.30. The van der Waals surface area contributed by atoms with Crippen molar-refractivity contribution in [1.82, 2.24) is 0 Å². The number of ketones is 1. The molecule has 1 heterocycles. The van der Waals surface area contributed by atoms with Crippen molar-refractivity contribution in [2.45, 2.75) is 12.3 Å². The largest absolute Gasteiger partial charge is 0.452 e. The topological polar surface area (TPSA) is 52.6 Å². The van der Waals surface area contributed by atoms with Gasteiger partial charge in [-0.05, 0) is 36.3 Å². The molecule has 154 valence electrons.